The summed E-state index contributed by atoms with van der Waals surface area (Å²) < 4.78 is 4.89. The fourth-order valence-electron chi connectivity index (χ4n) is 8.38. The SMILES string of the molecule is COC(=O)CCC(C)C1CCC2C3CCP4CCCCC4(C)C3CCC12C. The smallest absolute Gasteiger partial charge is 0.305 e. The summed E-state index contributed by atoms with van der Waals surface area (Å²) in [6.07, 6.45) is 16.6. The molecule has 3 heteroatoms. The third-order valence-corrected chi connectivity index (χ3v) is 13.5. The zero-order valence-electron chi connectivity index (χ0n) is 18.1. The molecule has 2 aliphatic heterocycles. The molecule has 0 aromatic carbocycles. The van der Waals surface area contributed by atoms with Gasteiger partial charge in [-0.25, -0.2) is 0 Å². The Morgan fingerprint density at radius 3 is 2.67 bits per heavy atom. The molecule has 2 saturated carbocycles. The zero-order chi connectivity index (χ0) is 19.2. The number of carbonyl (C=O) groups is 1. The minimum Gasteiger partial charge on any atom is -0.469 e. The van der Waals surface area contributed by atoms with Crippen LogP contribution in [-0.4, -0.2) is 30.6 Å². The molecule has 4 aliphatic rings. The van der Waals surface area contributed by atoms with Crippen molar-refractivity contribution in [1.29, 1.82) is 0 Å². The van der Waals surface area contributed by atoms with Gasteiger partial charge in [0.15, 0.2) is 0 Å². The van der Waals surface area contributed by atoms with Crippen LogP contribution in [0.25, 0.3) is 0 Å². The first-order valence-electron chi connectivity index (χ1n) is 11.7. The van der Waals surface area contributed by atoms with E-state index in [0.717, 1.165) is 30.1 Å². The van der Waals surface area contributed by atoms with Crippen molar-refractivity contribution in [3.63, 3.8) is 0 Å². The highest BCUT2D eigenvalue weighted by Crippen LogP contribution is 2.72. The van der Waals surface area contributed by atoms with E-state index in [1.807, 2.05) is 0 Å². The highest BCUT2D eigenvalue weighted by molar-refractivity contribution is 7.59. The molecule has 0 spiro atoms. The van der Waals surface area contributed by atoms with Crippen molar-refractivity contribution in [3.8, 4) is 0 Å². The van der Waals surface area contributed by atoms with Gasteiger partial charge in [-0.1, -0.05) is 27.2 Å². The van der Waals surface area contributed by atoms with Crippen LogP contribution >= 0.6 is 7.92 Å². The summed E-state index contributed by atoms with van der Waals surface area (Å²) in [5.74, 6) is 4.43. The highest BCUT2D eigenvalue weighted by Gasteiger charge is 2.60. The summed E-state index contributed by atoms with van der Waals surface area (Å²) in [6, 6.07) is 0. The van der Waals surface area contributed by atoms with Crippen molar-refractivity contribution < 1.29 is 9.53 Å². The van der Waals surface area contributed by atoms with Gasteiger partial charge in [-0.2, -0.15) is 0 Å². The molecule has 4 rings (SSSR count). The number of hydrogen-bond donors (Lipinski definition) is 0. The van der Waals surface area contributed by atoms with Crippen LogP contribution in [0.3, 0.4) is 0 Å². The van der Waals surface area contributed by atoms with Crippen molar-refractivity contribution in [2.24, 2.45) is 35.0 Å². The fraction of sp³-hybridized carbons (Fsp3) is 0.958. The average Bonchev–Trinajstić information content (AvgIpc) is 3.02. The van der Waals surface area contributed by atoms with Gasteiger partial charge in [-0.3, -0.25) is 4.79 Å². The Hall–Kier alpha value is -0.100. The second-order valence-electron chi connectivity index (χ2n) is 10.8. The lowest BCUT2D eigenvalue weighted by molar-refractivity contribution is -0.141. The Kier molecular flexibility index (Phi) is 5.70. The van der Waals surface area contributed by atoms with Crippen molar-refractivity contribution >= 4 is 13.9 Å². The molecule has 8 unspecified atom stereocenters. The van der Waals surface area contributed by atoms with E-state index >= 15 is 0 Å². The van der Waals surface area contributed by atoms with Gasteiger partial charge >= 0.3 is 5.97 Å². The van der Waals surface area contributed by atoms with Crippen LogP contribution in [0, 0.1) is 35.0 Å². The van der Waals surface area contributed by atoms with Gasteiger partial charge in [-0.05, 0) is 104 Å². The quantitative estimate of drug-likeness (QED) is 0.405. The number of carbonyl (C=O) groups excluding carboxylic acids is 1. The van der Waals surface area contributed by atoms with Gasteiger partial charge < -0.3 is 4.74 Å². The van der Waals surface area contributed by atoms with E-state index in [2.05, 4.69) is 20.8 Å². The molecule has 8 atom stereocenters. The monoisotopic (exact) mass is 392 g/mol. The van der Waals surface area contributed by atoms with E-state index in [1.54, 1.807) is 12.3 Å². The molecule has 0 aromatic heterocycles. The maximum atomic E-state index is 11.6. The predicted octanol–water partition coefficient (Wildman–Crippen LogP) is 6.46. The van der Waals surface area contributed by atoms with Gasteiger partial charge in [0, 0.05) is 6.42 Å². The molecule has 2 aliphatic carbocycles. The van der Waals surface area contributed by atoms with Crippen molar-refractivity contribution in [2.45, 2.75) is 90.1 Å². The summed E-state index contributed by atoms with van der Waals surface area (Å²) in [4.78, 5) is 11.6. The molecular weight excluding hydrogens is 351 g/mol. The van der Waals surface area contributed by atoms with Crippen LogP contribution in [0.5, 0.6) is 0 Å². The number of esters is 1. The Bertz CT molecular complexity index is 563. The molecule has 2 heterocycles. The van der Waals surface area contributed by atoms with Gasteiger partial charge in [0.2, 0.25) is 0 Å². The normalized spacial score (nSPS) is 47.5. The molecule has 27 heavy (non-hydrogen) atoms. The third kappa shape index (κ3) is 3.31. The summed E-state index contributed by atoms with van der Waals surface area (Å²) in [5.41, 5.74) is 0.530. The van der Waals surface area contributed by atoms with E-state index < -0.39 is 0 Å². The van der Waals surface area contributed by atoms with E-state index in [-0.39, 0.29) is 5.97 Å². The average molecular weight is 393 g/mol. The number of rotatable bonds is 4. The molecule has 154 valence electrons. The molecule has 0 N–H and O–H groups in total. The van der Waals surface area contributed by atoms with E-state index in [1.165, 1.54) is 58.5 Å². The van der Waals surface area contributed by atoms with Crippen LogP contribution < -0.4 is 0 Å². The van der Waals surface area contributed by atoms with Crippen LogP contribution in [-0.2, 0) is 9.53 Å². The van der Waals surface area contributed by atoms with Crippen molar-refractivity contribution in [3.05, 3.63) is 0 Å². The molecule has 0 radical (unpaired) electrons. The number of hydrogen-bond acceptors (Lipinski definition) is 2. The van der Waals surface area contributed by atoms with Crippen LogP contribution in [0.1, 0.15) is 85.0 Å². The Balaban J connectivity index is 1.49. The standard InChI is InChI=1S/C24H41O2P/c1-17(7-10-22(25)26-4)19-8-9-20-18-12-16-27-15-6-5-13-24(27,3)21(18)11-14-23(19,20)2/h17-21H,5-16H2,1-4H3. The van der Waals surface area contributed by atoms with E-state index in [0.29, 0.717) is 30.8 Å². The van der Waals surface area contributed by atoms with Gasteiger partial charge in [0.25, 0.3) is 0 Å². The van der Waals surface area contributed by atoms with Crippen LogP contribution in [0.4, 0.5) is 0 Å². The van der Waals surface area contributed by atoms with Crippen LogP contribution in [0.2, 0.25) is 0 Å². The summed E-state index contributed by atoms with van der Waals surface area (Å²) in [7, 11) is 1.82. The van der Waals surface area contributed by atoms with E-state index in [9.17, 15) is 4.79 Å². The largest absolute Gasteiger partial charge is 0.469 e. The Morgan fingerprint density at radius 1 is 1.07 bits per heavy atom. The predicted molar refractivity (Wildman–Crippen MR) is 114 cm³/mol. The summed E-state index contributed by atoms with van der Waals surface area (Å²) in [6.45, 7) is 7.76. The van der Waals surface area contributed by atoms with Crippen LogP contribution in [0.15, 0.2) is 0 Å². The summed E-state index contributed by atoms with van der Waals surface area (Å²) in [5, 5.41) is 0.715. The highest BCUT2D eigenvalue weighted by atomic mass is 31.1. The number of ether oxygens (including phenoxy) is 1. The lowest BCUT2D eigenvalue weighted by Crippen LogP contribution is -2.53. The lowest BCUT2D eigenvalue weighted by Gasteiger charge is -2.61. The van der Waals surface area contributed by atoms with Gasteiger partial charge in [0.1, 0.15) is 0 Å². The first-order valence-corrected chi connectivity index (χ1v) is 13.4. The lowest BCUT2D eigenvalue weighted by atomic mass is 9.53. The molecule has 2 saturated heterocycles. The van der Waals surface area contributed by atoms with E-state index in [4.69, 9.17) is 4.74 Å². The second-order valence-corrected chi connectivity index (χ2v) is 13.8. The minimum atomic E-state index is -0.0314. The maximum Gasteiger partial charge on any atom is 0.305 e. The Labute approximate surface area is 168 Å². The van der Waals surface area contributed by atoms with Crippen molar-refractivity contribution in [1.82, 2.24) is 0 Å². The molecular formula is C24H41O2P. The first kappa shape index (κ1) is 20.2. The molecule has 0 amide bonds. The topological polar surface area (TPSA) is 26.3 Å². The first-order chi connectivity index (χ1) is 12.9. The molecule has 0 aromatic rings. The fourth-order valence-corrected chi connectivity index (χ4v) is 12.1. The van der Waals surface area contributed by atoms with Gasteiger partial charge in [-0.15, -0.1) is 7.92 Å². The minimum absolute atomic E-state index is 0.0314. The number of fused-ring (bicyclic) bond motifs is 5. The van der Waals surface area contributed by atoms with Crippen molar-refractivity contribution in [2.75, 3.05) is 19.4 Å². The molecule has 0 bridgehead atoms. The summed E-state index contributed by atoms with van der Waals surface area (Å²) >= 11 is 0. The maximum absolute atomic E-state index is 11.6. The zero-order valence-corrected chi connectivity index (χ0v) is 19.0. The van der Waals surface area contributed by atoms with Gasteiger partial charge in [0.05, 0.1) is 7.11 Å². The molecule has 4 fully saturated rings. The Morgan fingerprint density at radius 2 is 1.89 bits per heavy atom. The second kappa shape index (κ2) is 7.62. The number of methoxy groups -OCH3 is 1. The molecule has 2 nitrogen and oxygen atoms in total. The third-order valence-electron chi connectivity index (χ3n) is 9.84.